The largest absolute Gasteiger partial charge is 0.385 e. The summed E-state index contributed by atoms with van der Waals surface area (Å²) in [6, 6.07) is 6.40. The van der Waals surface area contributed by atoms with Crippen LogP contribution in [0.2, 0.25) is 10.0 Å². The molecule has 1 heterocycles. The van der Waals surface area contributed by atoms with Crippen molar-refractivity contribution >= 4 is 28.9 Å². The first-order valence-electron chi connectivity index (χ1n) is 6.56. The number of piperidine rings is 1. The zero-order chi connectivity index (χ0) is 13.0. The Hall–Kier alpha value is -0.440. The van der Waals surface area contributed by atoms with Gasteiger partial charge in [0.05, 0.1) is 10.0 Å². The molecule has 0 radical (unpaired) electrons. The summed E-state index contributed by atoms with van der Waals surface area (Å²) >= 11 is 11.9. The van der Waals surface area contributed by atoms with Crippen LogP contribution in [0.3, 0.4) is 0 Å². The van der Waals surface area contributed by atoms with E-state index in [1.165, 1.54) is 32.2 Å². The van der Waals surface area contributed by atoms with E-state index >= 15 is 0 Å². The van der Waals surface area contributed by atoms with Gasteiger partial charge < -0.3 is 10.2 Å². The lowest BCUT2D eigenvalue weighted by Crippen LogP contribution is -2.37. The highest BCUT2D eigenvalue weighted by atomic mass is 35.5. The van der Waals surface area contributed by atoms with E-state index in [-0.39, 0.29) is 0 Å². The van der Waals surface area contributed by atoms with Gasteiger partial charge in [-0.05, 0) is 51.1 Å². The average molecular weight is 287 g/mol. The first-order chi connectivity index (χ1) is 8.66. The molecule has 1 atom stereocenters. The summed E-state index contributed by atoms with van der Waals surface area (Å²) in [4.78, 5) is 2.47. The third kappa shape index (κ3) is 3.78. The Morgan fingerprint density at radius 1 is 1.28 bits per heavy atom. The van der Waals surface area contributed by atoms with Crippen molar-refractivity contribution in [2.45, 2.75) is 31.7 Å². The second-order valence-electron chi connectivity index (χ2n) is 4.97. The first kappa shape index (κ1) is 14.0. The summed E-state index contributed by atoms with van der Waals surface area (Å²) in [6.07, 6.45) is 5.20. The molecule has 1 aliphatic heterocycles. The molecule has 0 saturated carbocycles. The number of hydrogen-bond donors (Lipinski definition) is 1. The van der Waals surface area contributed by atoms with Crippen LogP contribution in [0.15, 0.2) is 18.2 Å². The van der Waals surface area contributed by atoms with Crippen LogP contribution in [0.5, 0.6) is 0 Å². The van der Waals surface area contributed by atoms with Crippen LogP contribution in [-0.4, -0.2) is 31.1 Å². The molecule has 0 aliphatic carbocycles. The first-order valence-corrected chi connectivity index (χ1v) is 7.31. The third-order valence-electron chi connectivity index (χ3n) is 3.65. The van der Waals surface area contributed by atoms with Gasteiger partial charge in [0.1, 0.15) is 0 Å². The minimum atomic E-state index is 0.606. The average Bonchev–Trinajstić information content (AvgIpc) is 2.36. The molecular formula is C14H20Cl2N2. The Balaban J connectivity index is 1.79. The second kappa shape index (κ2) is 6.65. The molecule has 1 saturated heterocycles. The summed E-state index contributed by atoms with van der Waals surface area (Å²) in [6.45, 7) is 2.21. The number of nitrogens with one attached hydrogen (secondary N) is 1. The Morgan fingerprint density at radius 3 is 2.83 bits per heavy atom. The molecule has 0 spiro atoms. The predicted octanol–water partition coefficient (Wildman–Crippen LogP) is 4.28. The van der Waals surface area contributed by atoms with Gasteiger partial charge in [0, 0.05) is 18.3 Å². The van der Waals surface area contributed by atoms with Gasteiger partial charge in [0.25, 0.3) is 0 Å². The monoisotopic (exact) mass is 286 g/mol. The fraction of sp³-hybridized carbons (Fsp3) is 0.571. The highest BCUT2D eigenvalue weighted by Crippen LogP contribution is 2.25. The van der Waals surface area contributed by atoms with E-state index in [0.29, 0.717) is 16.1 Å². The molecule has 1 aromatic rings. The van der Waals surface area contributed by atoms with Crippen molar-refractivity contribution in [3.8, 4) is 0 Å². The number of anilines is 1. The van der Waals surface area contributed by atoms with Crippen molar-refractivity contribution in [1.29, 1.82) is 0 Å². The lowest BCUT2D eigenvalue weighted by molar-refractivity contribution is 0.179. The van der Waals surface area contributed by atoms with Gasteiger partial charge in [-0.15, -0.1) is 0 Å². The van der Waals surface area contributed by atoms with E-state index in [9.17, 15) is 0 Å². The predicted molar refractivity (Wildman–Crippen MR) is 79.8 cm³/mol. The maximum atomic E-state index is 5.98. The molecule has 100 valence electrons. The SMILES string of the molecule is CN1CCCCC1CCNc1ccc(Cl)c(Cl)c1. The molecule has 2 rings (SSSR count). The Labute approximate surface area is 119 Å². The Kier molecular flexibility index (Phi) is 5.16. The van der Waals surface area contributed by atoms with Gasteiger partial charge in [-0.3, -0.25) is 0 Å². The van der Waals surface area contributed by atoms with Gasteiger partial charge in [0.15, 0.2) is 0 Å². The molecular weight excluding hydrogens is 267 g/mol. The highest BCUT2D eigenvalue weighted by molar-refractivity contribution is 6.42. The van der Waals surface area contributed by atoms with Gasteiger partial charge in [-0.2, -0.15) is 0 Å². The highest BCUT2D eigenvalue weighted by Gasteiger charge is 2.17. The van der Waals surface area contributed by atoms with Crippen molar-refractivity contribution in [1.82, 2.24) is 4.90 Å². The molecule has 2 nitrogen and oxygen atoms in total. The fourth-order valence-electron chi connectivity index (χ4n) is 2.50. The van der Waals surface area contributed by atoms with Gasteiger partial charge in [-0.25, -0.2) is 0 Å². The summed E-state index contributed by atoms with van der Waals surface area (Å²) < 4.78 is 0. The molecule has 1 unspecified atom stereocenters. The van der Waals surface area contributed by atoms with E-state index in [4.69, 9.17) is 23.2 Å². The van der Waals surface area contributed by atoms with E-state index < -0.39 is 0 Å². The summed E-state index contributed by atoms with van der Waals surface area (Å²) in [7, 11) is 2.23. The van der Waals surface area contributed by atoms with Crippen LogP contribution in [-0.2, 0) is 0 Å². The quantitative estimate of drug-likeness (QED) is 0.889. The number of likely N-dealkylation sites (tertiary alicyclic amines) is 1. The molecule has 1 aliphatic rings. The van der Waals surface area contributed by atoms with Crippen LogP contribution in [0.1, 0.15) is 25.7 Å². The number of benzene rings is 1. The van der Waals surface area contributed by atoms with Crippen LogP contribution in [0.4, 0.5) is 5.69 Å². The minimum absolute atomic E-state index is 0.606. The standard InChI is InChI=1S/C14H20Cl2N2/c1-18-9-3-2-4-12(18)7-8-17-11-5-6-13(15)14(16)10-11/h5-6,10,12,17H,2-4,7-9H2,1H3. The lowest BCUT2D eigenvalue weighted by atomic mass is 10.0. The molecule has 18 heavy (non-hydrogen) atoms. The molecule has 4 heteroatoms. The number of halogens is 2. The van der Waals surface area contributed by atoms with E-state index in [1.807, 2.05) is 18.2 Å². The maximum absolute atomic E-state index is 5.98. The Morgan fingerprint density at radius 2 is 2.11 bits per heavy atom. The number of nitrogens with zero attached hydrogens (tertiary/aromatic N) is 1. The van der Waals surface area contributed by atoms with Crippen molar-refractivity contribution in [3.05, 3.63) is 28.2 Å². The lowest BCUT2D eigenvalue weighted by Gasteiger charge is -2.32. The normalized spacial score (nSPS) is 20.9. The maximum Gasteiger partial charge on any atom is 0.0612 e. The van der Waals surface area contributed by atoms with Crippen molar-refractivity contribution in [3.63, 3.8) is 0 Å². The summed E-state index contributed by atoms with van der Waals surface area (Å²) in [5, 5.41) is 4.62. The molecule has 1 N–H and O–H groups in total. The van der Waals surface area contributed by atoms with Crippen LogP contribution in [0, 0.1) is 0 Å². The smallest absolute Gasteiger partial charge is 0.0612 e. The van der Waals surface area contributed by atoms with E-state index in [1.54, 1.807) is 0 Å². The molecule has 0 bridgehead atoms. The van der Waals surface area contributed by atoms with Crippen LogP contribution in [0.25, 0.3) is 0 Å². The second-order valence-corrected chi connectivity index (χ2v) is 5.79. The fourth-order valence-corrected chi connectivity index (χ4v) is 2.80. The molecule has 0 aromatic heterocycles. The van der Waals surface area contributed by atoms with Gasteiger partial charge >= 0.3 is 0 Å². The van der Waals surface area contributed by atoms with Crippen LogP contribution < -0.4 is 5.32 Å². The topological polar surface area (TPSA) is 15.3 Å². The Bertz CT molecular complexity index is 395. The number of hydrogen-bond acceptors (Lipinski definition) is 2. The molecule has 1 aromatic carbocycles. The van der Waals surface area contributed by atoms with E-state index in [0.717, 1.165) is 12.2 Å². The molecule has 0 amide bonds. The minimum Gasteiger partial charge on any atom is -0.385 e. The number of rotatable bonds is 4. The van der Waals surface area contributed by atoms with Gasteiger partial charge in [0.2, 0.25) is 0 Å². The van der Waals surface area contributed by atoms with Gasteiger partial charge in [-0.1, -0.05) is 29.6 Å². The van der Waals surface area contributed by atoms with Crippen molar-refractivity contribution in [2.24, 2.45) is 0 Å². The van der Waals surface area contributed by atoms with Crippen molar-refractivity contribution in [2.75, 3.05) is 25.5 Å². The van der Waals surface area contributed by atoms with E-state index in [2.05, 4.69) is 17.3 Å². The summed E-state index contributed by atoms with van der Waals surface area (Å²) in [5.74, 6) is 0. The zero-order valence-corrected chi connectivity index (χ0v) is 12.3. The van der Waals surface area contributed by atoms with Crippen molar-refractivity contribution < 1.29 is 0 Å². The zero-order valence-electron chi connectivity index (χ0n) is 10.8. The molecule has 1 fully saturated rings. The van der Waals surface area contributed by atoms with Crippen LogP contribution >= 0.6 is 23.2 Å². The summed E-state index contributed by atoms with van der Waals surface area (Å²) in [5.41, 5.74) is 1.04. The third-order valence-corrected chi connectivity index (χ3v) is 4.39.